The van der Waals surface area contributed by atoms with Gasteiger partial charge in [0, 0.05) is 45.0 Å². The van der Waals surface area contributed by atoms with Gasteiger partial charge in [0.2, 0.25) is 0 Å². The average Bonchev–Trinajstić information content (AvgIpc) is 2.37. The van der Waals surface area contributed by atoms with Crippen LogP contribution in [0.1, 0.15) is 0 Å². The van der Waals surface area contributed by atoms with E-state index in [0.29, 0.717) is 11.6 Å². The van der Waals surface area contributed by atoms with Crippen molar-refractivity contribution in [3.05, 3.63) is 23.2 Å². The normalized spacial score (nSPS) is 10.6. The molecule has 1 aromatic carbocycles. The van der Waals surface area contributed by atoms with Gasteiger partial charge in [0.05, 0.1) is 5.02 Å². The van der Waals surface area contributed by atoms with E-state index in [0.717, 1.165) is 38.4 Å². The summed E-state index contributed by atoms with van der Waals surface area (Å²) in [6.07, 6.45) is 0. The van der Waals surface area contributed by atoms with Gasteiger partial charge < -0.3 is 26.8 Å². The molecule has 0 amide bonds. The summed E-state index contributed by atoms with van der Waals surface area (Å²) < 4.78 is 0. The van der Waals surface area contributed by atoms with E-state index < -0.39 is 0 Å². The second-order valence-corrected chi connectivity index (χ2v) is 4.29. The Balaban J connectivity index is 2.05. The smallest absolute Gasteiger partial charge is 0.134 e. The predicted octanol–water partition coefficient (Wildman–Crippen LogP) is 0.595. The molecule has 0 fully saturated rings. The zero-order chi connectivity index (χ0) is 13.2. The van der Waals surface area contributed by atoms with E-state index in [1.807, 2.05) is 0 Å². The van der Waals surface area contributed by atoms with Crippen molar-refractivity contribution in [1.82, 2.24) is 10.6 Å². The van der Waals surface area contributed by atoms with Crippen LogP contribution in [-0.2, 0) is 0 Å². The average molecular weight is 273 g/mol. The minimum Gasteiger partial charge on any atom is -0.506 e. The van der Waals surface area contributed by atoms with Gasteiger partial charge in [0.15, 0.2) is 0 Å². The van der Waals surface area contributed by atoms with E-state index in [4.69, 9.17) is 17.3 Å². The summed E-state index contributed by atoms with van der Waals surface area (Å²) in [6.45, 7) is 5.02. The molecule has 0 spiro atoms. The molecule has 0 atom stereocenters. The first kappa shape index (κ1) is 15.0. The molecule has 18 heavy (non-hydrogen) atoms. The number of halogens is 1. The van der Waals surface area contributed by atoms with Gasteiger partial charge in [-0.2, -0.15) is 0 Å². The summed E-state index contributed by atoms with van der Waals surface area (Å²) in [5, 5.41) is 19.3. The van der Waals surface area contributed by atoms with Crippen LogP contribution in [0.5, 0.6) is 5.75 Å². The van der Waals surface area contributed by atoms with Crippen LogP contribution >= 0.6 is 11.6 Å². The summed E-state index contributed by atoms with van der Waals surface area (Å²) in [5.74, 6) is 0.103. The molecule has 6 N–H and O–H groups in total. The van der Waals surface area contributed by atoms with Crippen molar-refractivity contribution in [2.45, 2.75) is 0 Å². The van der Waals surface area contributed by atoms with Crippen LogP contribution in [0, 0.1) is 0 Å². The molecule has 0 saturated carbocycles. The Kier molecular flexibility index (Phi) is 7.52. The maximum absolute atomic E-state index is 9.27. The number of benzene rings is 1. The topological polar surface area (TPSA) is 82.3 Å². The predicted molar refractivity (Wildman–Crippen MR) is 76.4 cm³/mol. The molecule has 102 valence electrons. The number of nitrogens with two attached hydrogens (primary N) is 1. The quantitative estimate of drug-likeness (QED) is 0.336. The van der Waals surface area contributed by atoms with Gasteiger partial charge in [0.25, 0.3) is 0 Å². The lowest BCUT2D eigenvalue weighted by molar-refractivity contribution is 0.475. The molecule has 5 nitrogen and oxygen atoms in total. The van der Waals surface area contributed by atoms with Crippen LogP contribution in [0.25, 0.3) is 0 Å². The molecular formula is C12H21ClN4O. The van der Waals surface area contributed by atoms with Gasteiger partial charge in [-0.25, -0.2) is 0 Å². The van der Waals surface area contributed by atoms with Crippen molar-refractivity contribution in [2.75, 3.05) is 44.6 Å². The molecule has 0 saturated heterocycles. The highest BCUT2D eigenvalue weighted by atomic mass is 35.5. The monoisotopic (exact) mass is 272 g/mol. The maximum Gasteiger partial charge on any atom is 0.134 e. The van der Waals surface area contributed by atoms with Crippen LogP contribution < -0.4 is 21.7 Å². The highest BCUT2D eigenvalue weighted by Crippen LogP contribution is 2.25. The molecular weight excluding hydrogens is 252 g/mol. The fourth-order valence-electron chi connectivity index (χ4n) is 1.44. The summed E-state index contributed by atoms with van der Waals surface area (Å²) in [5.41, 5.74) is 6.26. The standard InChI is InChI=1S/C12H21ClN4O/c13-11-9-10(1-2-12(11)18)17-8-7-16-6-5-15-4-3-14/h1-2,9,15-18H,3-8,14H2. The Morgan fingerprint density at radius 2 is 1.72 bits per heavy atom. The number of anilines is 1. The van der Waals surface area contributed by atoms with Gasteiger partial charge in [-0.3, -0.25) is 0 Å². The van der Waals surface area contributed by atoms with Crippen molar-refractivity contribution < 1.29 is 5.11 Å². The van der Waals surface area contributed by atoms with Gasteiger partial charge >= 0.3 is 0 Å². The summed E-state index contributed by atoms with van der Waals surface area (Å²) in [7, 11) is 0. The van der Waals surface area contributed by atoms with Gasteiger partial charge in [0.1, 0.15) is 5.75 Å². The maximum atomic E-state index is 9.27. The molecule has 0 bridgehead atoms. The molecule has 0 aliphatic heterocycles. The minimum atomic E-state index is 0.103. The first-order valence-corrected chi connectivity index (χ1v) is 6.45. The zero-order valence-electron chi connectivity index (χ0n) is 10.4. The Morgan fingerprint density at radius 3 is 2.39 bits per heavy atom. The third-order valence-electron chi connectivity index (χ3n) is 2.38. The first-order valence-electron chi connectivity index (χ1n) is 6.08. The van der Waals surface area contributed by atoms with Crippen molar-refractivity contribution in [1.29, 1.82) is 0 Å². The zero-order valence-corrected chi connectivity index (χ0v) is 11.1. The van der Waals surface area contributed by atoms with Crippen molar-refractivity contribution >= 4 is 17.3 Å². The minimum absolute atomic E-state index is 0.103. The van der Waals surface area contributed by atoms with Crippen LogP contribution in [0.3, 0.4) is 0 Å². The number of nitrogens with one attached hydrogen (secondary N) is 3. The molecule has 1 aromatic rings. The van der Waals surface area contributed by atoms with E-state index in [-0.39, 0.29) is 5.75 Å². The van der Waals surface area contributed by atoms with E-state index in [9.17, 15) is 5.11 Å². The number of hydrogen-bond donors (Lipinski definition) is 5. The van der Waals surface area contributed by atoms with E-state index in [2.05, 4.69) is 16.0 Å². The Labute approximate surface area is 113 Å². The molecule has 0 aromatic heterocycles. The highest BCUT2D eigenvalue weighted by molar-refractivity contribution is 6.32. The lowest BCUT2D eigenvalue weighted by Gasteiger charge is -2.09. The Hall–Kier alpha value is -1.01. The van der Waals surface area contributed by atoms with Gasteiger partial charge in [-0.15, -0.1) is 0 Å². The molecule has 0 heterocycles. The highest BCUT2D eigenvalue weighted by Gasteiger charge is 1.98. The first-order chi connectivity index (χ1) is 8.74. The third-order valence-corrected chi connectivity index (χ3v) is 2.68. The second kappa shape index (κ2) is 8.99. The summed E-state index contributed by atoms with van der Waals surface area (Å²) in [6, 6.07) is 5.08. The van der Waals surface area contributed by atoms with E-state index >= 15 is 0 Å². The van der Waals surface area contributed by atoms with Crippen molar-refractivity contribution in [3.63, 3.8) is 0 Å². The van der Waals surface area contributed by atoms with Crippen LogP contribution in [0.15, 0.2) is 18.2 Å². The lowest BCUT2D eigenvalue weighted by atomic mass is 10.3. The summed E-state index contributed by atoms with van der Waals surface area (Å²) in [4.78, 5) is 0. The number of rotatable bonds is 9. The van der Waals surface area contributed by atoms with Crippen LogP contribution in [0.2, 0.25) is 5.02 Å². The number of aromatic hydroxyl groups is 1. The van der Waals surface area contributed by atoms with Crippen LogP contribution in [0.4, 0.5) is 5.69 Å². The van der Waals surface area contributed by atoms with E-state index in [1.165, 1.54) is 0 Å². The SMILES string of the molecule is NCCNCCNCCNc1ccc(O)c(Cl)c1. The molecule has 6 heteroatoms. The number of hydrogen-bond acceptors (Lipinski definition) is 5. The number of phenolic OH excluding ortho intramolecular Hbond substituents is 1. The molecule has 1 rings (SSSR count). The lowest BCUT2D eigenvalue weighted by Crippen LogP contribution is -2.32. The van der Waals surface area contributed by atoms with Crippen LogP contribution in [-0.4, -0.2) is 44.4 Å². The second-order valence-electron chi connectivity index (χ2n) is 3.88. The Morgan fingerprint density at radius 1 is 1.06 bits per heavy atom. The molecule has 0 unspecified atom stereocenters. The molecule has 0 aliphatic rings. The summed E-state index contributed by atoms with van der Waals surface area (Å²) >= 11 is 5.80. The molecule has 0 aliphatic carbocycles. The fourth-order valence-corrected chi connectivity index (χ4v) is 1.62. The van der Waals surface area contributed by atoms with Gasteiger partial charge in [-0.1, -0.05) is 11.6 Å². The molecule has 0 radical (unpaired) electrons. The third kappa shape index (κ3) is 6.07. The van der Waals surface area contributed by atoms with Crippen molar-refractivity contribution in [2.24, 2.45) is 5.73 Å². The fraction of sp³-hybridized carbons (Fsp3) is 0.500. The van der Waals surface area contributed by atoms with Crippen molar-refractivity contribution in [3.8, 4) is 5.75 Å². The largest absolute Gasteiger partial charge is 0.506 e. The van der Waals surface area contributed by atoms with Gasteiger partial charge in [-0.05, 0) is 18.2 Å². The Bertz CT molecular complexity index is 349. The number of phenols is 1. The van der Waals surface area contributed by atoms with E-state index in [1.54, 1.807) is 18.2 Å².